The standard InChI is InChI=1S/C13H31NO3Si/c1-4-5-6-7-8-9-10-11-12-18(15-2,16-3)17-13-14/h4-14H2,1-3H3. The Bertz CT molecular complexity index is 178. The molecule has 2 N–H and O–H groups in total. The molecule has 0 aromatic heterocycles. The molecule has 110 valence electrons. The minimum Gasteiger partial charge on any atom is -0.377 e. The number of hydrogen-bond acceptors (Lipinski definition) is 4. The van der Waals surface area contributed by atoms with E-state index in [-0.39, 0.29) is 6.73 Å². The summed E-state index contributed by atoms with van der Waals surface area (Å²) in [6.45, 7) is 2.42. The molecule has 0 radical (unpaired) electrons. The van der Waals surface area contributed by atoms with Crippen molar-refractivity contribution in [1.82, 2.24) is 0 Å². The summed E-state index contributed by atoms with van der Waals surface area (Å²) in [4.78, 5) is 0. The van der Waals surface area contributed by atoms with Crippen LogP contribution < -0.4 is 5.73 Å². The van der Waals surface area contributed by atoms with Crippen LogP contribution in [0.3, 0.4) is 0 Å². The molecule has 0 fully saturated rings. The summed E-state index contributed by atoms with van der Waals surface area (Å²) in [5.74, 6) is 0. The van der Waals surface area contributed by atoms with Gasteiger partial charge >= 0.3 is 8.80 Å². The van der Waals surface area contributed by atoms with Crippen LogP contribution in [0.4, 0.5) is 0 Å². The van der Waals surface area contributed by atoms with Gasteiger partial charge in [-0.05, 0) is 6.42 Å². The Balaban J connectivity index is 3.55. The molecule has 0 spiro atoms. The topological polar surface area (TPSA) is 53.7 Å². The third-order valence-corrected chi connectivity index (χ3v) is 6.08. The summed E-state index contributed by atoms with van der Waals surface area (Å²) in [5, 5.41) is 0. The van der Waals surface area contributed by atoms with Crippen LogP contribution in [0.2, 0.25) is 6.04 Å². The first-order valence-corrected chi connectivity index (χ1v) is 9.12. The fourth-order valence-corrected chi connectivity index (χ4v) is 3.97. The van der Waals surface area contributed by atoms with E-state index in [4.69, 9.17) is 19.0 Å². The molecule has 0 saturated carbocycles. The molecule has 0 aliphatic heterocycles. The van der Waals surface area contributed by atoms with Gasteiger partial charge in [-0.15, -0.1) is 0 Å². The van der Waals surface area contributed by atoms with Gasteiger partial charge in [-0.3, -0.25) is 0 Å². The van der Waals surface area contributed by atoms with E-state index in [0.29, 0.717) is 0 Å². The van der Waals surface area contributed by atoms with Gasteiger partial charge in [-0.1, -0.05) is 51.9 Å². The lowest BCUT2D eigenvalue weighted by molar-refractivity contribution is 0.100. The first-order valence-electron chi connectivity index (χ1n) is 7.19. The SMILES string of the molecule is CCCCCCCCCC[Si](OC)(OC)OCN. The lowest BCUT2D eigenvalue weighted by Gasteiger charge is -2.25. The molecule has 0 aromatic rings. The van der Waals surface area contributed by atoms with E-state index in [2.05, 4.69) is 6.92 Å². The van der Waals surface area contributed by atoms with E-state index < -0.39 is 8.80 Å². The quantitative estimate of drug-likeness (QED) is 0.319. The highest BCUT2D eigenvalue weighted by Gasteiger charge is 2.37. The zero-order valence-corrected chi connectivity index (χ0v) is 13.4. The van der Waals surface area contributed by atoms with Crippen LogP contribution in [0.15, 0.2) is 0 Å². The van der Waals surface area contributed by atoms with E-state index in [9.17, 15) is 0 Å². The summed E-state index contributed by atoms with van der Waals surface area (Å²) in [7, 11) is 0.848. The van der Waals surface area contributed by atoms with Gasteiger partial charge in [0.05, 0.1) is 6.73 Å². The second-order valence-corrected chi connectivity index (χ2v) is 7.60. The van der Waals surface area contributed by atoms with E-state index in [1.165, 1.54) is 44.9 Å². The fourth-order valence-electron chi connectivity index (χ4n) is 2.08. The summed E-state index contributed by atoms with van der Waals surface area (Å²) in [6, 6.07) is 0.867. The summed E-state index contributed by atoms with van der Waals surface area (Å²) in [5.41, 5.74) is 5.42. The van der Waals surface area contributed by atoms with Crippen LogP contribution >= 0.6 is 0 Å². The minimum atomic E-state index is -2.45. The van der Waals surface area contributed by atoms with E-state index in [0.717, 1.165) is 12.5 Å². The highest BCUT2D eigenvalue weighted by Crippen LogP contribution is 2.18. The Kier molecular flexibility index (Phi) is 12.1. The first kappa shape index (κ1) is 18.1. The Hall–Kier alpha value is 0.0569. The lowest BCUT2D eigenvalue weighted by Crippen LogP contribution is -2.45. The van der Waals surface area contributed by atoms with Gasteiger partial charge in [0.2, 0.25) is 0 Å². The molecule has 4 nitrogen and oxygen atoms in total. The van der Waals surface area contributed by atoms with Crippen molar-refractivity contribution >= 4 is 8.80 Å². The molecule has 0 atom stereocenters. The molecule has 0 unspecified atom stereocenters. The zero-order valence-electron chi connectivity index (χ0n) is 12.4. The molecular formula is C13H31NO3Si. The molecule has 0 aliphatic rings. The predicted octanol–water partition coefficient (Wildman–Crippen LogP) is 3.29. The Morgan fingerprint density at radius 2 is 1.33 bits per heavy atom. The van der Waals surface area contributed by atoms with Crippen molar-refractivity contribution in [3.63, 3.8) is 0 Å². The van der Waals surface area contributed by atoms with Crippen molar-refractivity contribution in [3.8, 4) is 0 Å². The van der Waals surface area contributed by atoms with E-state index in [1.54, 1.807) is 14.2 Å². The number of unbranched alkanes of at least 4 members (excludes halogenated alkanes) is 7. The summed E-state index contributed by atoms with van der Waals surface area (Å²) < 4.78 is 16.3. The molecule has 0 rings (SSSR count). The Morgan fingerprint density at radius 1 is 0.833 bits per heavy atom. The molecule has 0 heterocycles. The van der Waals surface area contributed by atoms with Gasteiger partial charge in [-0.25, -0.2) is 0 Å². The maximum absolute atomic E-state index is 5.46. The second-order valence-electron chi connectivity index (χ2n) is 4.63. The minimum absolute atomic E-state index is 0.172. The van der Waals surface area contributed by atoms with Crippen molar-refractivity contribution in [2.75, 3.05) is 21.0 Å². The van der Waals surface area contributed by atoms with Crippen LogP contribution in [-0.2, 0) is 13.3 Å². The monoisotopic (exact) mass is 277 g/mol. The smallest absolute Gasteiger partial charge is 0.377 e. The molecular weight excluding hydrogens is 246 g/mol. The van der Waals surface area contributed by atoms with Gasteiger partial charge in [0.15, 0.2) is 0 Å². The molecule has 18 heavy (non-hydrogen) atoms. The Labute approximate surface area is 114 Å². The van der Waals surface area contributed by atoms with Crippen molar-refractivity contribution in [3.05, 3.63) is 0 Å². The second kappa shape index (κ2) is 12.1. The normalized spacial score (nSPS) is 12.0. The van der Waals surface area contributed by atoms with Crippen LogP contribution in [0.25, 0.3) is 0 Å². The molecule has 0 amide bonds. The number of rotatable bonds is 13. The van der Waals surface area contributed by atoms with Gasteiger partial charge in [0.1, 0.15) is 0 Å². The van der Waals surface area contributed by atoms with Gasteiger partial charge in [0, 0.05) is 20.3 Å². The van der Waals surface area contributed by atoms with Gasteiger partial charge in [0.25, 0.3) is 0 Å². The van der Waals surface area contributed by atoms with E-state index >= 15 is 0 Å². The van der Waals surface area contributed by atoms with Crippen molar-refractivity contribution in [2.45, 2.75) is 64.3 Å². The lowest BCUT2D eigenvalue weighted by atomic mass is 10.1. The molecule has 0 bridgehead atoms. The van der Waals surface area contributed by atoms with Crippen LogP contribution in [0.5, 0.6) is 0 Å². The van der Waals surface area contributed by atoms with Crippen molar-refractivity contribution in [1.29, 1.82) is 0 Å². The molecule has 5 heteroatoms. The highest BCUT2D eigenvalue weighted by molar-refractivity contribution is 6.60. The van der Waals surface area contributed by atoms with Gasteiger partial charge < -0.3 is 19.0 Å². The molecule has 0 aromatic carbocycles. The Morgan fingerprint density at radius 3 is 1.78 bits per heavy atom. The zero-order chi connectivity index (χ0) is 13.7. The molecule has 0 aliphatic carbocycles. The average Bonchev–Trinajstić information content (AvgIpc) is 2.40. The predicted molar refractivity (Wildman–Crippen MR) is 77.3 cm³/mol. The number of nitrogens with two attached hydrogens (primary N) is 1. The molecule has 0 saturated heterocycles. The fraction of sp³-hybridized carbons (Fsp3) is 1.00. The van der Waals surface area contributed by atoms with Crippen molar-refractivity contribution < 1.29 is 13.3 Å². The van der Waals surface area contributed by atoms with Crippen LogP contribution in [0.1, 0.15) is 58.3 Å². The maximum atomic E-state index is 5.46. The first-order chi connectivity index (χ1) is 8.74. The van der Waals surface area contributed by atoms with Gasteiger partial charge in [-0.2, -0.15) is 0 Å². The summed E-state index contributed by atoms with van der Waals surface area (Å²) in [6.07, 6.45) is 10.4. The maximum Gasteiger partial charge on any atom is 0.501 e. The third-order valence-electron chi connectivity index (χ3n) is 3.26. The average molecular weight is 277 g/mol. The highest BCUT2D eigenvalue weighted by atomic mass is 28.4. The van der Waals surface area contributed by atoms with Crippen LogP contribution in [-0.4, -0.2) is 29.8 Å². The van der Waals surface area contributed by atoms with E-state index in [1.807, 2.05) is 0 Å². The van der Waals surface area contributed by atoms with Crippen LogP contribution in [0, 0.1) is 0 Å². The van der Waals surface area contributed by atoms with Crippen molar-refractivity contribution in [2.24, 2.45) is 5.73 Å². The summed E-state index contributed by atoms with van der Waals surface area (Å²) >= 11 is 0. The number of hydrogen-bond donors (Lipinski definition) is 1. The third kappa shape index (κ3) is 8.21. The largest absolute Gasteiger partial charge is 0.501 e.